The van der Waals surface area contributed by atoms with Crippen LogP contribution in [0.4, 0.5) is 0 Å². The van der Waals surface area contributed by atoms with Crippen molar-refractivity contribution in [1.82, 2.24) is 15.2 Å². The van der Waals surface area contributed by atoms with Crippen LogP contribution in [0.25, 0.3) is 0 Å². The minimum absolute atomic E-state index is 0.0228. The number of aromatic nitrogens is 1. The van der Waals surface area contributed by atoms with Gasteiger partial charge in [0.15, 0.2) is 0 Å². The standard InChI is InChI=1S/C15H23N3O3/c1-3-21-10-13(19)18-8-4-5-11(9-18)14-12(6-7-17-14)15(20)16-2/h6-7,11,17H,3-5,8-10H2,1-2H3,(H,16,20). The Morgan fingerprint density at radius 3 is 3.05 bits per heavy atom. The molecule has 1 atom stereocenters. The highest BCUT2D eigenvalue weighted by Crippen LogP contribution is 2.28. The van der Waals surface area contributed by atoms with E-state index in [2.05, 4.69) is 10.3 Å². The highest BCUT2D eigenvalue weighted by Gasteiger charge is 2.28. The lowest BCUT2D eigenvalue weighted by Crippen LogP contribution is -2.41. The van der Waals surface area contributed by atoms with Crippen molar-refractivity contribution in [2.24, 2.45) is 0 Å². The van der Waals surface area contributed by atoms with Crippen LogP contribution in [0.15, 0.2) is 12.3 Å². The molecule has 6 nitrogen and oxygen atoms in total. The lowest BCUT2D eigenvalue weighted by Gasteiger charge is -2.32. The Balaban J connectivity index is 2.06. The Morgan fingerprint density at radius 1 is 1.52 bits per heavy atom. The Bertz CT molecular complexity index is 498. The van der Waals surface area contributed by atoms with Crippen LogP contribution in [0.3, 0.4) is 0 Å². The third-order valence-electron chi connectivity index (χ3n) is 3.86. The van der Waals surface area contributed by atoms with Gasteiger partial charge in [0.2, 0.25) is 5.91 Å². The summed E-state index contributed by atoms with van der Waals surface area (Å²) >= 11 is 0. The molecule has 2 rings (SSSR count). The fourth-order valence-corrected chi connectivity index (χ4v) is 2.77. The third kappa shape index (κ3) is 3.64. The Hall–Kier alpha value is -1.82. The number of amides is 2. The Labute approximate surface area is 124 Å². The quantitative estimate of drug-likeness (QED) is 0.854. The van der Waals surface area contributed by atoms with Gasteiger partial charge in [-0.1, -0.05) is 0 Å². The van der Waals surface area contributed by atoms with Crippen LogP contribution in [0.1, 0.15) is 41.7 Å². The van der Waals surface area contributed by atoms with Crippen LogP contribution in [-0.2, 0) is 9.53 Å². The lowest BCUT2D eigenvalue weighted by molar-refractivity contribution is -0.137. The topological polar surface area (TPSA) is 74.4 Å². The zero-order valence-corrected chi connectivity index (χ0v) is 12.6. The van der Waals surface area contributed by atoms with Crippen LogP contribution in [0.2, 0.25) is 0 Å². The molecule has 1 aliphatic rings. The van der Waals surface area contributed by atoms with Gasteiger partial charge in [0.05, 0.1) is 5.56 Å². The summed E-state index contributed by atoms with van der Waals surface area (Å²) in [5.74, 6) is 0.102. The fourth-order valence-electron chi connectivity index (χ4n) is 2.77. The van der Waals surface area contributed by atoms with E-state index >= 15 is 0 Å². The summed E-state index contributed by atoms with van der Waals surface area (Å²) in [6.45, 7) is 3.95. The van der Waals surface area contributed by atoms with Crippen molar-refractivity contribution in [3.8, 4) is 0 Å². The predicted molar refractivity (Wildman–Crippen MR) is 79.2 cm³/mol. The normalized spacial score (nSPS) is 18.6. The third-order valence-corrected chi connectivity index (χ3v) is 3.86. The van der Waals surface area contributed by atoms with Crippen LogP contribution in [0.5, 0.6) is 0 Å². The number of nitrogens with one attached hydrogen (secondary N) is 2. The van der Waals surface area contributed by atoms with E-state index in [-0.39, 0.29) is 24.3 Å². The van der Waals surface area contributed by atoms with Gasteiger partial charge in [-0.25, -0.2) is 0 Å². The number of hydrogen-bond donors (Lipinski definition) is 2. The van der Waals surface area contributed by atoms with Gasteiger partial charge >= 0.3 is 0 Å². The Morgan fingerprint density at radius 2 is 2.33 bits per heavy atom. The fraction of sp³-hybridized carbons (Fsp3) is 0.600. The molecule has 0 aliphatic carbocycles. The van der Waals surface area contributed by atoms with Crippen molar-refractivity contribution in [1.29, 1.82) is 0 Å². The smallest absolute Gasteiger partial charge is 0.252 e. The van der Waals surface area contributed by atoms with Gasteiger partial charge in [-0.15, -0.1) is 0 Å². The van der Waals surface area contributed by atoms with Crippen LogP contribution in [0, 0.1) is 0 Å². The molecular weight excluding hydrogens is 270 g/mol. The molecule has 6 heteroatoms. The first-order valence-corrected chi connectivity index (χ1v) is 7.42. The highest BCUT2D eigenvalue weighted by molar-refractivity contribution is 5.95. The van der Waals surface area contributed by atoms with Gasteiger partial charge in [0.25, 0.3) is 5.91 Å². The molecule has 21 heavy (non-hydrogen) atoms. The maximum atomic E-state index is 12.1. The molecule has 1 saturated heterocycles. The molecule has 116 valence electrons. The largest absolute Gasteiger partial charge is 0.372 e. The molecular formula is C15H23N3O3. The molecule has 2 N–H and O–H groups in total. The van der Waals surface area contributed by atoms with E-state index in [1.165, 1.54) is 0 Å². The van der Waals surface area contributed by atoms with Gasteiger partial charge in [-0.05, 0) is 25.8 Å². The van der Waals surface area contributed by atoms with E-state index < -0.39 is 0 Å². The van der Waals surface area contributed by atoms with Crippen molar-refractivity contribution < 1.29 is 14.3 Å². The number of rotatable bonds is 5. The molecule has 1 unspecified atom stereocenters. The second-order valence-corrected chi connectivity index (χ2v) is 5.20. The molecule has 0 spiro atoms. The lowest BCUT2D eigenvalue weighted by atomic mass is 9.92. The number of ether oxygens (including phenoxy) is 1. The van der Waals surface area contributed by atoms with Crippen LogP contribution in [-0.4, -0.2) is 55.0 Å². The average molecular weight is 293 g/mol. The zero-order valence-electron chi connectivity index (χ0n) is 12.6. The van der Waals surface area contributed by atoms with Crippen molar-refractivity contribution >= 4 is 11.8 Å². The number of aromatic amines is 1. The first kappa shape index (κ1) is 15.6. The summed E-state index contributed by atoms with van der Waals surface area (Å²) in [7, 11) is 1.62. The van der Waals surface area contributed by atoms with Gasteiger partial charge in [-0.3, -0.25) is 9.59 Å². The van der Waals surface area contributed by atoms with Gasteiger partial charge in [0.1, 0.15) is 6.61 Å². The summed E-state index contributed by atoms with van der Waals surface area (Å²) in [6, 6.07) is 1.79. The highest BCUT2D eigenvalue weighted by atomic mass is 16.5. The van der Waals surface area contributed by atoms with Gasteiger partial charge < -0.3 is 19.9 Å². The monoisotopic (exact) mass is 293 g/mol. The maximum Gasteiger partial charge on any atom is 0.252 e. The molecule has 0 saturated carbocycles. The number of hydrogen-bond acceptors (Lipinski definition) is 3. The summed E-state index contributed by atoms with van der Waals surface area (Å²) in [4.78, 5) is 28.9. The SMILES string of the molecule is CCOCC(=O)N1CCCC(c2[nH]ccc2C(=O)NC)C1. The number of carbonyl (C=O) groups excluding carboxylic acids is 2. The maximum absolute atomic E-state index is 12.1. The number of H-pyrrole nitrogens is 1. The molecule has 0 aromatic carbocycles. The van der Waals surface area contributed by atoms with Crippen molar-refractivity contribution in [3.05, 3.63) is 23.5 Å². The van der Waals surface area contributed by atoms with E-state index in [4.69, 9.17) is 4.74 Å². The molecule has 2 amide bonds. The van der Waals surface area contributed by atoms with Crippen LogP contribution >= 0.6 is 0 Å². The number of nitrogens with zero attached hydrogens (tertiary/aromatic N) is 1. The minimum atomic E-state index is -0.0935. The van der Waals surface area contributed by atoms with Crippen molar-refractivity contribution in [2.45, 2.75) is 25.7 Å². The minimum Gasteiger partial charge on any atom is -0.372 e. The summed E-state index contributed by atoms with van der Waals surface area (Å²) < 4.78 is 5.19. The van der Waals surface area contributed by atoms with E-state index in [1.54, 1.807) is 19.3 Å². The molecule has 1 aromatic heterocycles. The molecule has 2 heterocycles. The predicted octanol–water partition coefficient (Wildman–Crippen LogP) is 1.12. The second kappa shape index (κ2) is 7.26. The zero-order chi connectivity index (χ0) is 15.2. The van der Waals surface area contributed by atoms with E-state index in [0.717, 1.165) is 25.1 Å². The molecule has 0 bridgehead atoms. The number of carbonyl (C=O) groups is 2. The summed E-state index contributed by atoms with van der Waals surface area (Å²) in [5.41, 5.74) is 1.59. The number of likely N-dealkylation sites (tertiary alicyclic amines) is 1. The van der Waals surface area contributed by atoms with E-state index in [0.29, 0.717) is 18.7 Å². The first-order valence-electron chi connectivity index (χ1n) is 7.42. The summed E-state index contributed by atoms with van der Waals surface area (Å²) in [6.07, 6.45) is 3.69. The van der Waals surface area contributed by atoms with Crippen molar-refractivity contribution in [2.75, 3.05) is 33.4 Å². The van der Waals surface area contributed by atoms with Crippen LogP contribution < -0.4 is 5.32 Å². The summed E-state index contributed by atoms with van der Waals surface area (Å²) in [5, 5.41) is 2.65. The first-order chi connectivity index (χ1) is 10.2. The number of piperidine rings is 1. The molecule has 1 aromatic rings. The van der Waals surface area contributed by atoms with Gasteiger partial charge in [0, 0.05) is 44.6 Å². The average Bonchev–Trinajstić information content (AvgIpc) is 3.01. The van der Waals surface area contributed by atoms with Crippen molar-refractivity contribution in [3.63, 3.8) is 0 Å². The molecule has 1 aliphatic heterocycles. The Kier molecular flexibility index (Phi) is 5.38. The molecule has 1 fully saturated rings. The van der Waals surface area contributed by atoms with E-state index in [1.807, 2.05) is 11.8 Å². The molecule has 0 radical (unpaired) electrons. The van der Waals surface area contributed by atoms with Gasteiger partial charge in [-0.2, -0.15) is 0 Å². The second-order valence-electron chi connectivity index (χ2n) is 5.20. The van der Waals surface area contributed by atoms with E-state index in [9.17, 15) is 9.59 Å².